The van der Waals surface area contributed by atoms with E-state index < -0.39 is 132 Å². The predicted octanol–water partition coefficient (Wildman–Crippen LogP) is -0.0915. The monoisotopic (exact) mass is 947 g/mol. The van der Waals surface area contributed by atoms with Crippen LogP contribution in [0, 0.1) is 35.5 Å². The van der Waals surface area contributed by atoms with Gasteiger partial charge in [-0.3, -0.25) is 48.1 Å². The Kier molecular flexibility index (Phi) is 26.9. The van der Waals surface area contributed by atoms with Crippen molar-refractivity contribution in [2.45, 2.75) is 136 Å². The summed E-state index contributed by atoms with van der Waals surface area (Å²) >= 11 is 0. The number of carboxylic acid groups (broad SMARTS) is 1. The van der Waals surface area contributed by atoms with Crippen LogP contribution < -0.4 is 38.9 Å². The highest BCUT2D eigenvalue weighted by Crippen LogP contribution is 2.22. The summed E-state index contributed by atoms with van der Waals surface area (Å²) in [6.07, 6.45) is -2.98. The number of aliphatic hydroxyl groups excluding tert-OH is 2. The van der Waals surface area contributed by atoms with Crippen LogP contribution in [0.15, 0.2) is 29.3 Å². The zero-order chi connectivity index (χ0) is 51.0. The average molecular weight is 947 g/mol. The van der Waals surface area contributed by atoms with E-state index in [9.17, 15) is 63.6 Å². The minimum Gasteiger partial charge on any atom is -0.508 e. The number of carbonyl (C=O) groups is 9. The number of nitrogens with two attached hydrogens (primary N) is 4. The lowest BCUT2D eigenvalue weighted by Gasteiger charge is -2.26. The summed E-state index contributed by atoms with van der Waals surface area (Å²) < 4.78 is 0. The molecule has 0 aliphatic heterocycles. The number of carboxylic acids is 1. The van der Waals surface area contributed by atoms with Crippen LogP contribution in [0.1, 0.15) is 111 Å². The number of nitrogens with zero attached hydrogens (tertiary/aromatic N) is 1. The van der Waals surface area contributed by atoms with Gasteiger partial charge in [0.05, 0.1) is 37.1 Å². The molecule has 0 unspecified atom stereocenters. The number of aliphatic imine (C=N–C) groups is 1. The van der Waals surface area contributed by atoms with E-state index in [-0.39, 0.29) is 69.2 Å². The molecule has 0 heterocycles. The highest BCUT2D eigenvalue weighted by molar-refractivity contribution is 5.98. The number of unbranched alkanes of at least 4 members (excludes halogenated alkanes) is 1. The maximum atomic E-state index is 14.3. The molecular formula is C46H74N8O13. The van der Waals surface area contributed by atoms with Gasteiger partial charge in [-0.15, -0.1) is 0 Å². The van der Waals surface area contributed by atoms with Crippen LogP contribution in [-0.2, 0) is 49.6 Å². The number of primary amides is 1. The topological polar surface area (TPSA) is 387 Å². The van der Waals surface area contributed by atoms with Gasteiger partial charge < -0.3 is 59.3 Å². The summed E-state index contributed by atoms with van der Waals surface area (Å²) in [6.45, 7) is 7.72. The third-order valence-electron chi connectivity index (χ3n) is 11.3. The number of guanidine groups is 1. The van der Waals surface area contributed by atoms with Gasteiger partial charge in [0.25, 0.3) is 0 Å². The number of Topliss-reactive ketones (excluding diaryl/α,β-unsaturated/α-hetero) is 4. The number of nitrogens with one attached hydrogen (secondary N) is 3. The van der Waals surface area contributed by atoms with Crippen LogP contribution >= 0.6 is 0 Å². The lowest BCUT2D eigenvalue weighted by molar-refractivity contribution is -0.143. The second kappa shape index (κ2) is 30.5. The van der Waals surface area contributed by atoms with E-state index in [1.807, 2.05) is 13.8 Å². The predicted molar refractivity (Wildman–Crippen MR) is 247 cm³/mol. The van der Waals surface area contributed by atoms with Crippen LogP contribution in [0.4, 0.5) is 0 Å². The van der Waals surface area contributed by atoms with Gasteiger partial charge in [-0.25, -0.2) is 0 Å². The smallest absolute Gasteiger partial charge is 0.304 e. The van der Waals surface area contributed by atoms with E-state index in [0.717, 1.165) is 0 Å². The molecule has 0 aromatic heterocycles. The summed E-state index contributed by atoms with van der Waals surface area (Å²) in [4.78, 5) is 124. The van der Waals surface area contributed by atoms with E-state index in [4.69, 9.17) is 22.9 Å². The minimum atomic E-state index is -1.61. The zero-order valence-corrected chi connectivity index (χ0v) is 39.4. The molecule has 0 spiro atoms. The maximum Gasteiger partial charge on any atom is 0.304 e. The molecule has 4 amide bonds. The lowest BCUT2D eigenvalue weighted by atomic mass is 9.87. The first-order valence-electron chi connectivity index (χ1n) is 22.8. The molecule has 1 aromatic rings. The number of benzene rings is 1. The SMILES string of the molecule is CC(C)C[C@H](CC(=O)[C@H](CCCN=C(N)N)NC(=O)[C@@H](CC(=O)[C@H](CCCCN)NC(=O)[C@H](CC(=O)O)CC(=O)[C@@H](NC(=O)[C@H](C)CC(=O)[C@@H](C)CO)[C@@H](C)O)Cc1ccc(O)cc1)C(N)=O. The molecule has 21 nitrogen and oxygen atoms in total. The van der Waals surface area contributed by atoms with Gasteiger partial charge >= 0.3 is 5.97 Å². The molecule has 9 atom stereocenters. The molecule has 0 aliphatic carbocycles. The number of hydrogen-bond acceptors (Lipinski definition) is 14. The van der Waals surface area contributed by atoms with E-state index in [0.29, 0.717) is 24.8 Å². The van der Waals surface area contributed by atoms with Crippen LogP contribution in [0.25, 0.3) is 0 Å². The van der Waals surface area contributed by atoms with E-state index in [2.05, 4.69) is 20.9 Å². The standard InChI is InChI=1S/C46H74N8O13/c1-25(2)17-30(42(48)64)20-37(59)35(10-8-16-51-46(49)50)53-44(66)31(19-29-11-13-33(57)14-12-29)21-38(60)34(9-6-7-15-47)52-45(67)32(23-40(62)63)22-39(61)41(28(5)56)54-43(65)26(3)18-36(58)27(4)24-55/h11-14,25-28,30-32,34-35,41,55-57H,6-10,15-24,47H2,1-5H3,(H2,48,64)(H,52,67)(H,53,66)(H,54,65)(H,62,63)(H4,49,50,51)/t26-,27+,28-,30-,31-,32+,34+,35+,41+/m1/s1. The lowest BCUT2D eigenvalue weighted by Crippen LogP contribution is -2.51. The highest BCUT2D eigenvalue weighted by Gasteiger charge is 2.36. The van der Waals surface area contributed by atoms with Crippen molar-refractivity contribution < 1.29 is 63.6 Å². The summed E-state index contributed by atoms with van der Waals surface area (Å²) in [5.41, 5.74) is 22.8. The van der Waals surface area contributed by atoms with Crippen molar-refractivity contribution in [2.24, 2.45) is 63.4 Å². The van der Waals surface area contributed by atoms with Crippen LogP contribution in [0.3, 0.4) is 0 Å². The maximum absolute atomic E-state index is 14.3. The van der Waals surface area contributed by atoms with Crippen molar-refractivity contribution in [1.82, 2.24) is 16.0 Å². The van der Waals surface area contributed by atoms with Crippen molar-refractivity contribution in [3.05, 3.63) is 29.8 Å². The Labute approximate surface area is 392 Å². The highest BCUT2D eigenvalue weighted by atomic mass is 16.4. The van der Waals surface area contributed by atoms with E-state index >= 15 is 0 Å². The normalized spacial score (nSPS) is 15.3. The second-order valence-corrected chi connectivity index (χ2v) is 17.8. The number of carbonyl (C=O) groups excluding carboxylic acids is 8. The summed E-state index contributed by atoms with van der Waals surface area (Å²) in [5.74, 6) is -12.7. The quantitative estimate of drug-likeness (QED) is 0.0241. The summed E-state index contributed by atoms with van der Waals surface area (Å²) in [7, 11) is 0. The van der Waals surface area contributed by atoms with Crippen LogP contribution in [0.5, 0.6) is 5.75 Å². The van der Waals surface area contributed by atoms with Crippen LogP contribution in [0.2, 0.25) is 0 Å². The Hall–Kier alpha value is -5.80. The first-order chi connectivity index (χ1) is 31.4. The number of rotatable bonds is 35. The Morgan fingerprint density at radius 1 is 0.642 bits per heavy atom. The van der Waals surface area contributed by atoms with E-state index in [1.165, 1.54) is 45.0 Å². The summed E-state index contributed by atoms with van der Waals surface area (Å²) in [5, 5.41) is 47.2. The first kappa shape index (κ1) is 59.2. The van der Waals surface area contributed by atoms with Gasteiger partial charge in [0.1, 0.15) is 17.6 Å². The number of phenols is 1. The second-order valence-electron chi connectivity index (χ2n) is 17.8. The molecule has 1 aromatic carbocycles. The van der Waals surface area contributed by atoms with Gasteiger partial charge in [-0.2, -0.15) is 0 Å². The molecule has 15 N–H and O–H groups in total. The first-order valence-corrected chi connectivity index (χ1v) is 22.8. The van der Waals surface area contributed by atoms with Gasteiger partial charge in [0.2, 0.25) is 23.6 Å². The molecule has 0 bridgehead atoms. The molecule has 376 valence electrons. The van der Waals surface area contributed by atoms with Gasteiger partial charge in [0.15, 0.2) is 23.3 Å². The fourth-order valence-corrected chi connectivity index (χ4v) is 7.32. The van der Waals surface area contributed by atoms with Crippen molar-refractivity contribution in [3.8, 4) is 5.75 Å². The number of aliphatic hydroxyl groups is 2. The van der Waals surface area contributed by atoms with Gasteiger partial charge in [-0.1, -0.05) is 39.8 Å². The number of phenolic OH excluding ortho intramolecular Hbond substituents is 1. The van der Waals surface area contributed by atoms with Crippen molar-refractivity contribution in [1.29, 1.82) is 0 Å². The number of hydrogen-bond donors (Lipinski definition) is 11. The van der Waals surface area contributed by atoms with Gasteiger partial charge in [0, 0.05) is 55.9 Å². The zero-order valence-electron chi connectivity index (χ0n) is 39.4. The third kappa shape index (κ3) is 23.0. The fraction of sp³-hybridized carbons (Fsp3) is 0.652. The molecule has 0 radical (unpaired) electrons. The molecule has 0 aliphatic rings. The van der Waals surface area contributed by atoms with Crippen molar-refractivity contribution in [3.63, 3.8) is 0 Å². The molecule has 21 heteroatoms. The Bertz CT molecular complexity index is 1850. The van der Waals surface area contributed by atoms with Crippen LogP contribution in [-0.4, -0.2) is 123 Å². The largest absolute Gasteiger partial charge is 0.508 e. The molecular weight excluding hydrogens is 873 g/mol. The molecule has 0 fully saturated rings. The Morgan fingerprint density at radius 2 is 1.18 bits per heavy atom. The third-order valence-corrected chi connectivity index (χ3v) is 11.3. The summed E-state index contributed by atoms with van der Waals surface area (Å²) in [6, 6.07) is 1.76. The fourth-order valence-electron chi connectivity index (χ4n) is 7.32. The minimum absolute atomic E-state index is 0.00279. The van der Waals surface area contributed by atoms with Crippen molar-refractivity contribution in [2.75, 3.05) is 19.7 Å². The number of amides is 4. The Morgan fingerprint density at radius 3 is 1.67 bits per heavy atom. The molecule has 1 rings (SSSR count). The average Bonchev–Trinajstić information content (AvgIpc) is 3.24. The number of aromatic hydroxyl groups is 1. The molecule has 67 heavy (non-hydrogen) atoms. The van der Waals surface area contributed by atoms with Crippen molar-refractivity contribution >= 4 is 58.7 Å². The Balaban J connectivity index is 3.55. The number of ketones is 4. The van der Waals surface area contributed by atoms with E-state index in [1.54, 1.807) is 0 Å². The van der Waals surface area contributed by atoms with Gasteiger partial charge in [-0.05, 0) is 82.0 Å². The molecule has 0 saturated heterocycles. The number of aliphatic carboxylic acids is 1. The molecule has 0 saturated carbocycles.